The lowest BCUT2D eigenvalue weighted by Gasteiger charge is -2.27. The van der Waals surface area contributed by atoms with Crippen molar-refractivity contribution in [2.45, 2.75) is 26.2 Å². The minimum absolute atomic E-state index is 0. The van der Waals surface area contributed by atoms with Gasteiger partial charge in [-0.2, -0.15) is 0 Å². The molecule has 1 aliphatic heterocycles. The van der Waals surface area contributed by atoms with Gasteiger partial charge in [-0.1, -0.05) is 11.6 Å². The summed E-state index contributed by atoms with van der Waals surface area (Å²) >= 11 is 5.93. The first-order valence-electron chi connectivity index (χ1n) is 9.30. The maximum atomic E-state index is 13.5. The van der Waals surface area contributed by atoms with Gasteiger partial charge in [-0.3, -0.25) is 4.79 Å². The average molecular weight is 435 g/mol. The molecular weight excluding hydrogens is 414 g/mol. The number of piperidine rings is 1. The van der Waals surface area contributed by atoms with E-state index in [1.807, 2.05) is 24.0 Å². The second-order valence-electron chi connectivity index (χ2n) is 6.98. The fraction of sp³-hybridized carbons (Fsp3) is 0.286. The molecule has 1 N–H and O–H groups in total. The van der Waals surface area contributed by atoms with Gasteiger partial charge in [0.1, 0.15) is 5.82 Å². The molecular formula is C21H21Cl2FN4O. The minimum Gasteiger partial charge on any atom is -0.354 e. The van der Waals surface area contributed by atoms with Crippen molar-refractivity contribution in [1.82, 2.24) is 14.9 Å². The van der Waals surface area contributed by atoms with Crippen LogP contribution in [-0.4, -0.2) is 33.9 Å². The Balaban J connectivity index is 0.00000240. The lowest BCUT2D eigenvalue weighted by atomic mass is 10.1. The summed E-state index contributed by atoms with van der Waals surface area (Å²) in [5.41, 5.74) is 3.06. The number of nitrogens with zero attached hydrogens (tertiary/aromatic N) is 3. The number of rotatable bonds is 3. The molecule has 0 bridgehead atoms. The van der Waals surface area contributed by atoms with E-state index in [1.165, 1.54) is 12.1 Å². The second-order valence-corrected chi connectivity index (χ2v) is 7.38. The predicted octanol–water partition coefficient (Wildman–Crippen LogP) is 5.52. The summed E-state index contributed by atoms with van der Waals surface area (Å²) in [5.74, 6) is -0.556. The van der Waals surface area contributed by atoms with Gasteiger partial charge >= 0.3 is 0 Å². The Bertz CT molecular complexity index is 1050. The highest BCUT2D eigenvalue weighted by molar-refractivity contribution is 6.31. The third kappa shape index (κ3) is 4.43. The highest BCUT2D eigenvalue weighted by atomic mass is 35.5. The molecule has 3 heterocycles. The van der Waals surface area contributed by atoms with Crippen LogP contribution in [0, 0.1) is 12.7 Å². The number of aryl methyl sites for hydroxylation is 1. The molecule has 152 valence electrons. The Kier molecular flexibility index (Phi) is 6.55. The Labute approximate surface area is 179 Å². The zero-order chi connectivity index (χ0) is 19.7. The first kappa shape index (κ1) is 21.3. The van der Waals surface area contributed by atoms with E-state index in [9.17, 15) is 9.18 Å². The number of hydrogen-bond donors (Lipinski definition) is 1. The van der Waals surface area contributed by atoms with Crippen molar-refractivity contribution in [2.75, 3.05) is 18.4 Å². The van der Waals surface area contributed by atoms with Gasteiger partial charge in [0.15, 0.2) is 5.65 Å². The van der Waals surface area contributed by atoms with Crippen LogP contribution in [0.5, 0.6) is 0 Å². The number of nitrogens with one attached hydrogen (secondary N) is 1. The van der Waals surface area contributed by atoms with Crippen LogP contribution in [-0.2, 0) is 0 Å². The molecule has 0 atom stereocenters. The zero-order valence-corrected chi connectivity index (χ0v) is 17.5. The number of fused-ring (bicyclic) bond motifs is 1. The number of carbonyl (C=O) groups excluding carboxylic acids is 1. The molecule has 0 spiro atoms. The number of hydrogen-bond acceptors (Lipinski definition) is 4. The van der Waals surface area contributed by atoms with Gasteiger partial charge in [0.05, 0.1) is 16.3 Å². The first-order chi connectivity index (χ1) is 13.5. The Hall–Kier alpha value is -2.44. The Morgan fingerprint density at radius 1 is 1.17 bits per heavy atom. The van der Waals surface area contributed by atoms with Crippen LogP contribution in [0.4, 0.5) is 15.8 Å². The first-order valence-corrected chi connectivity index (χ1v) is 9.68. The number of benzene rings is 1. The molecule has 1 fully saturated rings. The molecule has 1 aromatic carbocycles. The van der Waals surface area contributed by atoms with E-state index in [-0.39, 0.29) is 23.3 Å². The van der Waals surface area contributed by atoms with Crippen molar-refractivity contribution in [2.24, 2.45) is 0 Å². The van der Waals surface area contributed by atoms with E-state index in [2.05, 4.69) is 15.3 Å². The highest BCUT2D eigenvalue weighted by Gasteiger charge is 2.23. The lowest BCUT2D eigenvalue weighted by Crippen LogP contribution is -2.36. The van der Waals surface area contributed by atoms with Gasteiger partial charge in [-0.15, -0.1) is 12.4 Å². The van der Waals surface area contributed by atoms with Crippen LogP contribution in [0.3, 0.4) is 0 Å². The summed E-state index contributed by atoms with van der Waals surface area (Å²) in [6.07, 6.45) is 4.72. The SMILES string of the molecule is Cc1ccc2c(Nc3ccc(F)c(Cl)c3)c(C(=O)N3CCCCC3)cnc2n1.Cl. The number of pyridine rings is 2. The number of halogens is 3. The molecule has 1 amide bonds. The van der Waals surface area contributed by atoms with Crippen molar-refractivity contribution in [3.05, 3.63) is 58.6 Å². The van der Waals surface area contributed by atoms with E-state index < -0.39 is 5.82 Å². The number of carbonyl (C=O) groups is 1. The fourth-order valence-corrected chi connectivity index (χ4v) is 3.63. The maximum Gasteiger partial charge on any atom is 0.257 e. The molecule has 2 aromatic heterocycles. The van der Waals surface area contributed by atoms with Gasteiger partial charge in [0.2, 0.25) is 0 Å². The predicted molar refractivity (Wildman–Crippen MR) is 116 cm³/mol. The number of amides is 1. The molecule has 0 saturated carbocycles. The average Bonchev–Trinajstić information content (AvgIpc) is 2.71. The Morgan fingerprint density at radius 2 is 1.93 bits per heavy atom. The molecule has 1 aliphatic rings. The third-order valence-corrected chi connectivity index (χ3v) is 5.22. The van der Waals surface area contributed by atoms with Crippen molar-refractivity contribution in [3.8, 4) is 0 Å². The third-order valence-electron chi connectivity index (χ3n) is 4.93. The van der Waals surface area contributed by atoms with Gasteiger partial charge in [0, 0.05) is 36.1 Å². The summed E-state index contributed by atoms with van der Waals surface area (Å²) in [5, 5.41) is 3.99. The van der Waals surface area contributed by atoms with Crippen LogP contribution in [0.25, 0.3) is 11.0 Å². The lowest BCUT2D eigenvalue weighted by molar-refractivity contribution is 0.0725. The van der Waals surface area contributed by atoms with Gasteiger partial charge < -0.3 is 10.2 Å². The maximum absolute atomic E-state index is 13.5. The highest BCUT2D eigenvalue weighted by Crippen LogP contribution is 2.31. The Morgan fingerprint density at radius 3 is 2.66 bits per heavy atom. The molecule has 29 heavy (non-hydrogen) atoms. The van der Waals surface area contributed by atoms with Gasteiger partial charge in [-0.25, -0.2) is 14.4 Å². The summed E-state index contributed by atoms with van der Waals surface area (Å²) in [6, 6.07) is 8.15. The minimum atomic E-state index is -0.492. The van der Waals surface area contributed by atoms with Crippen LogP contribution >= 0.6 is 24.0 Å². The fourth-order valence-electron chi connectivity index (χ4n) is 3.45. The normalized spacial score (nSPS) is 13.8. The molecule has 3 aromatic rings. The van der Waals surface area contributed by atoms with Crippen LogP contribution in [0.1, 0.15) is 35.3 Å². The summed E-state index contributed by atoms with van der Waals surface area (Å²) in [6.45, 7) is 3.37. The second kappa shape index (κ2) is 8.93. The van der Waals surface area contributed by atoms with Crippen molar-refractivity contribution < 1.29 is 9.18 Å². The zero-order valence-electron chi connectivity index (χ0n) is 15.9. The summed E-state index contributed by atoms with van der Waals surface area (Å²) in [4.78, 5) is 23.9. The van der Waals surface area contributed by atoms with Gasteiger partial charge in [0.25, 0.3) is 5.91 Å². The van der Waals surface area contributed by atoms with E-state index in [0.29, 0.717) is 22.6 Å². The van der Waals surface area contributed by atoms with E-state index in [4.69, 9.17) is 11.6 Å². The standard InChI is InChI=1S/C21H20ClFN4O.ClH/c1-13-5-7-15-19(26-14-6-8-18(23)17(22)11-14)16(12-24-20(15)25-13)21(28)27-9-3-2-4-10-27;/h5-8,11-12H,2-4,9-10H2,1H3,(H,24,25,26);1H. The number of aromatic nitrogens is 2. The molecule has 5 nitrogen and oxygen atoms in total. The molecule has 0 aliphatic carbocycles. The number of likely N-dealkylation sites (tertiary alicyclic amines) is 1. The van der Waals surface area contributed by atoms with Crippen molar-refractivity contribution in [1.29, 1.82) is 0 Å². The summed E-state index contributed by atoms with van der Waals surface area (Å²) in [7, 11) is 0. The topological polar surface area (TPSA) is 58.1 Å². The van der Waals surface area contributed by atoms with E-state index in [0.717, 1.165) is 43.4 Å². The van der Waals surface area contributed by atoms with Crippen molar-refractivity contribution in [3.63, 3.8) is 0 Å². The molecule has 8 heteroatoms. The van der Waals surface area contributed by atoms with E-state index >= 15 is 0 Å². The number of anilines is 2. The van der Waals surface area contributed by atoms with Crippen LogP contribution in [0.15, 0.2) is 36.5 Å². The monoisotopic (exact) mass is 434 g/mol. The molecule has 0 unspecified atom stereocenters. The van der Waals surface area contributed by atoms with E-state index in [1.54, 1.807) is 12.3 Å². The quantitative estimate of drug-likeness (QED) is 0.589. The molecule has 0 radical (unpaired) electrons. The molecule has 4 rings (SSSR count). The van der Waals surface area contributed by atoms with Crippen LogP contribution < -0.4 is 5.32 Å². The molecule has 1 saturated heterocycles. The largest absolute Gasteiger partial charge is 0.354 e. The van der Waals surface area contributed by atoms with Gasteiger partial charge in [-0.05, 0) is 56.5 Å². The smallest absolute Gasteiger partial charge is 0.257 e. The summed E-state index contributed by atoms with van der Waals surface area (Å²) < 4.78 is 13.5. The van der Waals surface area contributed by atoms with Crippen molar-refractivity contribution >= 4 is 52.3 Å². The van der Waals surface area contributed by atoms with Crippen LogP contribution in [0.2, 0.25) is 5.02 Å².